The molecule has 1 aromatic heterocycles. The van der Waals surface area contributed by atoms with Crippen LogP contribution >= 0.6 is 0 Å². The first-order chi connectivity index (χ1) is 11.8. The zero-order valence-corrected chi connectivity index (χ0v) is 13.2. The van der Waals surface area contributed by atoms with Crippen LogP contribution in [0.5, 0.6) is 0 Å². The molecule has 0 spiro atoms. The molecule has 24 heavy (non-hydrogen) atoms. The van der Waals surface area contributed by atoms with Crippen LogP contribution in [0, 0.1) is 0 Å². The van der Waals surface area contributed by atoms with Crippen LogP contribution in [0.15, 0.2) is 47.7 Å². The molecule has 3 heterocycles. The minimum Gasteiger partial charge on any atom is -0.366 e. The fourth-order valence-electron chi connectivity index (χ4n) is 2.98. The van der Waals surface area contributed by atoms with Crippen molar-refractivity contribution in [1.82, 2.24) is 10.3 Å². The largest absolute Gasteiger partial charge is 0.366 e. The summed E-state index contributed by atoms with van der Waals surface area (Å²) in [6, 6.07) is 9.80. The fraction of sp³-hybridized carbons (Fsp3) is 0.278. The minimum atomic E-state index is -0.444. The van der Waals surface area contributed by atoms with E-state index in [4.69, 9.17) is 4.74 Å². The van der Waals surface area contributed by atoms with E-state index in [0.717, 1.165) is 34.6 Å². The molecule has 6 heteroatoms. The van der Waals surface area contributed by atoms with E-state index in [1.54, 1.807) is 12.4 Å². The Labute approximate surface area is 140 Å². The van der Waals surface area contributed by atoms with E-state index in [9.17, 15) is 4.79 Å². The number of hydrogen-bond donors (Lipinski definition) is 2. The van der Waals surface area contributed by atoms with Gasteiger partial charge in [0, 0.05) is 42.3 Å². The number of anilines is 1. The maximum Gasteiger partial charge on any atom is 0.254 e. The van der Waals surface area contributed by atoms with E-state index in [1.165, 1.54) is 0 Å². The summed E-state index contributed by atoms with van der Waals surface area (Å²) in [5.41, 5.74) is 4.96. The van der Waals surface area contributed by atoms with Gasteiger partial charge in [0.05, 0.1) is 18.9 Å². The summed E-state index contributed by atoms with van der Waals surface area (Å²) in [5, 5.41) is 6.10. The maximum atomic E-state index is 12.3. The van der Waals surface area contributed by atoms with Crippen molar-refractivity contribution in [3.8, 4) is 0 Å². The van der Waals surface area contributed by atoms with Crippen molar-refractivity contribution in [3.63, 3.8) is 0 Å². The van der Waals surface area contributed by atoms with E-state index in [0.29, 0.717) is 19.7 Å². The molecule has 2 aromatic rings. The summed E-state index contributed by atoms with van der Waals surface area (Å²) in [5.74, 6) is -0.123. The van der Waals surface area contributed by atoms with Crippen LogP contribution in [0.1, 0.15) is 16.7 Å². The van der Waals surface area contributed by atoms with Gasteiger partial charge in [-0.3, -0.25) is 14.8 Å². The van der Waals surface area contributed by atoms with E-state index in [1.807, 2.05) is 30.3 Å². The number of nitrogens with one attached hydrogen (secondary N) is 2. The van der Waals surface area contributed by atoms with Gasteiger partial charge in [-0.15, -0.1) is 0 Å². The van der Waals surface area contributed by atoms with Crippen LogP contribution in [0.2, 0.25) is 0 Å². The molecule has 0 saturated carbocycles. The molecule has 1 saturated heterocycles. The van der Waals surface area contributed by atoms with Crippen molar-refractivity contribution in [2.45, 2.75) is 12.6 Å². The number of amides is 1. The molecule has 0 aliphatic carbocycles. The Hall–Kier alpha value is -2.57. The Morgan fingerprint density at radius 3 is 2.92 bits per heavy atom. The molecule has 6 nitrogen and oxygen atoms in total. The number of ether oxygens (including phenoxy) is 1. The van der Waals surface area contributed by atoms with Crippen LogP contribution < -0.4 is 10.6 Å². The van der Waals surface area contributed by atoms with Crippen molar-refractivity contribution in [2.75, 3.05) is 25.0 Å². The maximum absolute atomic E-state index is 12.3. The third-order valence-electron chi connectivity index (χ3n) is 4.21. The summed E-state index contributed by atoms with van der Waals surface area (Å²) in [4.78, 5) is 21.0. The summed E-state index contributed by atoms with van der Waals surface area (Å²) < 4.78 is 5.49. The van der Waals surface area contributed by atoms with E-state index < -0.39 is 6.10 Å². The van der Waals surface area contributed by atoms with Gasteiger partial charge in [-0.05, 0) is 29.8 Å². The molecular formula is C18H18N4O2. The second kappa shape index (κ2) is 6.51. The summed E-state index contributed by atoms with van der Waals surface area (Å²) >= 11 is 0. The second-order valence-corrected chi connectivity index (χ2v) is 5.83. The van der Waals surface area contributed by atoms with Crippen LogP contribution in [0.3, 0.4) is 0 Å². The number of morpholine rings is 1. The Kier molecular flexibility index (Phi) is 4.06. The number of rotatable bonds is 3. The van der Waals surface area contributed by atoms with Gasteiger partial charge in [-0.2, -0.15) is 0 Å². The summed E-state index contributed by atoms with van der Waals surface area (Å²) in [6.07, 6.45) is 3.07. The average molecular weight is 322 g/mol. The number of carbonyl (C=O) groups is 1. The fourth-order valence-corrected chi connectivity index (χ4v) is 2.98. The van der Waals surface area contributed by atoms with Crippen LogP contribution in [0.25, 0.3) is 0 Å². The molecule has 1 unspecified atom stereocenters. The third kappa shape index (κ3) is 2.93. The Balaban J connectivity index is 1.55. The SMILES string of the molecule is O=C(Nc1ccc2c(c1)C(c1ccncc1)=NC2)C1CNCCO1. The molecule has 4 rings (SSSR count). The van der Waals surface area contributed by atoms with Gasteiger partial charge in [-0.25, -0.2) is 0 Å². The lowest BCUT2D eigenvalue weighted by Crippen LogP contribution is -2.45. The zero-order chi connectivity index (χ0) is 16.4. The number of aromatic nitrogens is 1. The number of hydrogen-bond acceptors (Lipinski definition) is 5. The molecule has 1 fully saturated rings. The number of aliphatic imine (C=N–C) groups is 1. The standard InChI is InChI=1S/C18H18N4O2/c23-18(16-11-20-7-8-24-16)22-14-2-1-13-10-21-17(15(13)9-14)12-3-5-19-6-4-12/h1-6,9,16,20H,7-8,10-11H2,(H,22,23). The van der Waals surface area contributed by atoms with Crippen molar-refractivity contribution in [3.05, 3.63) is 59.4 Å². The van der Waals surface area contributed by atoms with Gasteiger partial charge in [-0.1, -0.05) is 6.07 Å². The summed E-state index contributed by atoms with van der Waals surface area (Å²) in [7, 11) is 0. The number of nitrogens with zero attached hydrogens (tertiary/aromatic N) is 2. The van der Waals surface area contributed by atoms with Gasteiger partial charge < -0.3 is 15.4 Å². The Morgan fingerprint density at radius 2 is 2.12 bits per heavy atom. The summed E-state index contributed by atoms with van der Waals surface area (Å²) in [6.45, 7) is 2.55. The minimum absolute atomic E-state index is 0.123. The highest BCUT2D eigenvalue weighted by atomic mass is 16.5. The van der Waals surface area contributed by atoms with Crippen molar-refractivity contribution >= 4 is 17.3 Å². The molecule has 2 N–H and O–H groups in total. The van der Waals surface area contributed by atoms with Gasteiger partial charge in [0.2, 0.25) is 0 Å². The molecule has 0 radical (unpaired) electrons. The monoisotopic (exact) mass is 322 g/mol. The molecule has 2 aliphatic heterocycles. The first kappa shape index (κ1) is 15.0. The molecule has 1 atom stereocenters. The molecule has 0 bridgehead atoms. The van der Waals surface area contributed by atoms with Crippen molar-refractivity contribution in [2.24, 2.45) is 4.99 Å². The van der Waals surface area contributed by atoms with E-state index in [-0.39, 0.29) is 5.91 Å². The first-order valence-corrected chi connectivity index (χ1v) is 8.02. The molecule has 1 amide bonds. The van der Waals surface area contributed by atoms with Gasteiger partial charge in [0.1, 0.15) is 6.10 Å². The topological polar surface area (TPSA) is 75.6 Å². The normalized spacial score (nSPS) is 19.5. The first-order valence-electron chi connectivity index (χ1n) is 8.02. The predicted molar refractivity (Wildman–Crippen MR) is 91.3 cm³/mol. The lowest BCUT2D eigenvalue weighted by atomic mass is 10.0. The molecule has 2 aliphatic rings. The Morgan fingerprint density at radius 1 is 1.25 bits per heavy atom. The van der Waals surface area contributed by atoms with E-state index in [2.05, 4.69) is 20.6 Å². The van der Waals surface area contributed by atoms with Crippen LogP contribution in [-0.4, -0.2) is 42.4 Å². The molecular weight excluding hydrogens is 304 g/mol. The zero-order valence-electron chi connectivity index (χ0n) is 13.2. The van der Waals surface area contributed by atoms with Gasteiger partial charge >= 0.3 is 0 Å². The number of benzene rings is 1. The highest BCUT2D eigenvalue weighted by molar-refractivity contribution is 6.15. The van der Waals surface area contributed by atoms with E-state index >= 15 is 0 Å². The molecule has 122 valence electrons. The Bertz CT molecular complexity index is 783. The van der Waals surface area contributed by atoms with Gasteiger partial charge in [0.25, 0.3) is 5.91 Å². The predicted octanol–water partition coefficient (Wildman–Crippen LogP) is 1.36. The quantitative estimate of drug-likeness (QED) is 0.895. The van der Waals surface area contributed by atoms with Crippen molar-refractivity contribution in [1.29, 1.82) is 0 Å². The second-order valence-electron chi connectivity index (χ2n) is 5.83. The smallest absolute Gasteiger partial charge is 0.254 e. The highest BCUT2D eigenvalue weighted by Crippen LogP contribution is 2.26. The highest BCUT2D eigenvalue weighted by Gasteiger charge is 2.23. The lowest BCUT2D eigenvalue weighted by Gasteiger charge is -2.22. The third-order valence-corrected chi connectivity index (χ3v) is 4.21. The van der Waals surface area contributed by atoms with Gasteiger partial charge in [0.15, 0.2) is 0 Å². The molecule has 1 aromatic carbocycles. The van der Waals surface area contributed by atoms with Crippen LogP contribution in [-0.2, 0) is 16.1 Å². The number of pyridine rings is 1. The van der Waals surface area contributed by atoms with Crippen LogP contribution in [0.4, 0.5) is 5.69 Å². The number of carbonyl (C=O) groups excluding carboxylic acids is 1. The lowest BCUT2D eigenvalue weighted by molar-refractivity contribution is -0.128. The van der Waals surface area contributed by atoms with Crippen molar-refractivity contribution < 1.29 is 9.53 Å². The number of fused-ring (bicyclic) bond motifs is 1. The average Bonchev–Trinajstić information content (AvgIpc) is 3.06.